The van der Waals surface area contributed by atoms with Crippen LogP contribution in [0.5, 0.6) is 0 Å². The van der Waals surface area contributed by atoms with Gasteiger partial charge < -0.3 is 10.3 Å². The van der Waals surface area contributed by atoms with Gasteiger partial charge in [0.05, 0.1) is 0 Å². The molecule has 0 saturated heterocycles. The predicted octanol–water partition coefficient (Wildman–Crippen LogP) is 3.49. The Hall–Kier alpha value is -2.29. The van der Waals surface area contributed by atoms with Gasteiger partial charge in [0.1, 0.15) is 0 Å². The van der Waals surface area contributed by atoms with E-state index in [2.05, 4.69) is 28.5 Å². The lowest BCUT2D eigenvalue weighted by Gasteiger charge is -1.83. The molecule has 88 valence electrons. The number of nitrogens with one attached hydrogen (secondary N) is 2. The summed E-state index contributed by atoms with van der Waals surface area (Å²) in [6.07, 6.45) is 13.5. The third-order valence-corrected chi connectivity index (χ3v) is 2.18. The third-order valence-electron chi connectivity index (χ3n) is 2.18. The lowest BCUT2D eigenvalue weighted by atomic mass is 10.3. The van der Waals surface area contributed by atoms with E-state index in [9.17, 15) is 0 Å². The van der Waals surface area contributed by atoms with Crippen LogP contribution in [0.3, 0.4) is 0 Å². The third kappa shape index (κ3) is 3.99. The summed E-state index contributed by atoms with van der Waals surface area (Å²) in [5, 5.41) is 4.20. The first-order valence-corrected chi connectivity index (χ1v) is 5.23. The summed E-state index contributed by atoms with van der Waals surface area (Å²) in [4.78, 5) is 3.12. The van der Waals surface area contributed by atoms with E-state index in [1.54, 1.807) is 0 Å². The highest BCUT2D eigenvalue weighted by atomic mass is 19.0. The van der Waals surface area contributed by atoms with Gasteiger partial charge in [0.2, 0.25) is 0 Å². The normalized spacial score (nSPS) is 12.0. The average Bonchev–Trinajstić information content (AvgIpc) is 2.61. The molecule has 1 aliphatic heterocycles. The van der Waals surface area contributed by atoms with Crippen LogP contribution in [-0.4, -0.2) is 4.98 Å². The Morgan fingerprint density at radius 2 is 1.47 bits per heavy atom. The molecule has 3 rings (SSSR count). The second-order valence-electron chi connectivity index (χ2n) is 3.33. The zero-order valence-electron chi connectivity index (χ0n) is 9.34. The van der Waals surface area contributed by atoms with Gasteiger partial charge in [0.15, 0.2) is 0 Å². The second-order valence-corrected chi connectivity index (χ2v) is 3.33. The van der Waals surface area contributed by atoms with Crippen molar-refractivity contribution in [1.82, 2.24) is 10.3 Å². The maximum atomic E-state index is 3.12. The molecule has 1 aromatic carbocycles. The predicted molar refractivity (Wildman–Crippen MR) is 71.4 cm³/mol. The van der Waals surface area contributed by atoms with Crippen molar-refractivity contribution >= 4 is 10.9 Å². The van der Waals surface area contributed by atoms with E-state index in [4.69, 9.17) is 0 Å². The number of rotatable bonds is 0. The van der Waals surface area contributed by atoms with Gasteiger partial charge in [-0.3, -0.25) is 4.70 Å². The van der Waals surface area contributed by atoms with Gasteiger partial charge in [-0.05, 0) is 29.7 Å². The van der Waals surface area contributed by atoms with Crippen molar-refractivity contribution in [1.29, 1.82) is 0 Å². The first-order valence-electron chi connectivity index (χ1n) is 5.23. The molecule has 0 saturated carbocycles. The summed E-state index contributed by atoms with van der Waals surface area (Å²) < 4.78 is 0. The molecule has 0 fully saturated rings. The SMILES string of the molecule is C1=CC=CNC=C1.F.c1ccc2[nH]ccc2c1. The molecule has 2 N–H and O–H groups in total. The maximum Gasteiger partial charge on any atom is 0.0453 e. The Morgan fingerprint density at radius 1 is 0.765 bits per heavy atom. The molecule has 2 aromatic rings. The van der Waals surface area contributed by atoms with Crippen LogP contribution < -0.4 is 5.32 Å². The van der Waals surface area contributed by atoms with E-state index >= 15 is 0 Å². The average molecular weight is 230 g/mol. The first-order chi connectivity index (χ1) is 7.97. The van der Waals surface area contributed by atoms with Crippen molar-refractivity contribution in [2.45, 2.75) is 0 Å². The number of H-pyrrole nitrogens is 1. The quantitative estimate of drug-likeness (QED) is 0.712. The molecule has 0 unspecified atom stereocenters. The highest BCUT2D eigenvalue weighted by molar-refractivity contribution is 5.78. The molecule has 0 aliphatic carbocycles. The van der Waals surface area contributed by atoms with E-state index in [1.165, 1.54) is 10.9 Å². The van der Waals surface area contributed by atoms with Gasteiger partial charge in [0, 0.05) is 24.1 Å². The molecular weight excluding hydrogens is 215 g/mol. The highest BCUT2D eigenvalue weighted by Gasteiger charge is 1.86. The van der Waals surface area contributed by atoms with Crippen LogP contribution >= 0.6 is 0 Å². The number of fused-ring (bicyclic) bond motifs is 1. The molecule has 17 heavy (non-hydrogen) atoms. The number of benzene rings is 1. The van der Waals surface area contributed by atoms with E-state index in [-0.39, 0.29) is 4.70 Å². The Bertz CT molecular complexity index is 480. The highest BCUT2D eigenvalue weighted by Crippen LogP contribution is 2.09. The Kier molecular flexibility index (Phi) is 5.31. The number of aromatic amines is 1. The van der Waals surface area contributed by atoms with Crippen molar-refractivity contribution in [2.75, 3.05) is 0 Å². The maximum absolute atomic E-state index is 3.12. The van der Waals surface area contributed by atoms with Crippen LogP contribution in [0.1, 0.15) is 0 Å². The molecule has 1 aliphatic rings. The van der Waals surface area contributed by atoms with Crippen LogP contribution in [0.15, 0.2) is 73.2 Å². The summed E-state index contributed by atoms with van der Waals surface area (Å²) in [5.41, 5.74) is 1.21. The molecule has 0 amide bonds. The van der Waals surface area contributed by atoms with E-state index in [0.717, 1.165) is 0 Å². The Morgan fingerprint density at radius 3 is 2.18 bits per heavy atom. The fourth-order valence-electron chi connectivity index (χ4n) is 1.40. The molecular formula is C14H15FN2. The van der Waals surface area contributed by atoms with Gasteiger partial charge in [-0.1, -0.05) is 30.4 Å². The largest absolute Gasteiger partial charge is 0.368 e. The van der Waals surface area contributed by atoms with E-state index < -0.39 is 0 Å². The van der Waals surface area contributed by atoms with Gasteiger partial charge in [-0.15, -0.1) is 0 Å². The van der Waals surface area contributed by atoms with Crippen molar-refractivity contribution < 1.29 is 4.70 Å². The van der Waals surface area contributed by atoms with E-state index in [1.807, 2.05) is 55.0 Å². The number of halogens is 1. The fourth-order valence-corrected chi connectivity index (χ4v) is 1.40. The second kappa shape index (κ2) is 7.06. The summed E-state index contributed by atoms with van der Waals surface area (Å²) in [6.45, 7) is 0. The van der Waals surface area contributed by atoms with Crippen molar-refractivity contribution in [3.05, 3.63) is 73.2 Å². The standard InChI is InChI=1S/C8H7N.C6H7N.FH/c1-2-4-8-7(3-1)5-6-9-8;1-2-4-6-7-5-3-1;/h1-6,9H;1-7H;1H. The number of aromatic nitrogens is 1. The van der Waals surface area contributed by atoms with Gasteiger partial charge in [-0.25, -0.2) is 0 Å². The molecule has 0 spiro atoms. The summed E-state index contributed by atoms with van der Waals surface area (Å²) in [5.74, 6) is 0. The minimum absolute atomic E-state index is 0. The summed E-state index contributed by atoms with van der Waals surface area (Å²) in [6, 6.07) is 10.3. The van der Waals surface area contributed by atoms with Crippen LogP contribution in [-0.2, 0) is 0 Å². The number of para-hydroxylation sites is 1. The molecule has 0 atom stereocenters. The molecule has 1 aromatic heterocycles. The molecule has 3 heteroatoms. The van der Waals surface area contributed by atoms with Gasteiger partial charge in [-0.2, -0.15) is 0 Å². The van der Waals surface area contributed by atoms with Crippen LogP contribution in [0.4, 0.5) is 4.70 Å². The monoisotopic (exact) mass is 230 g/mol. The number of hydrogen-bond acceptors (Lipinski definition) is 1. The topological polar surface area (TPSA) is 27.8 Å². The van der Waals surface area contributed by atoms with E-state index in [0.29, 0.717) is 0 Å². The van der Waals surface area contributed by atoms with Gasteiger partial charge >= 0.3 is 0 Å². The summed E-state index contributed by atoms with van der Waals surface area (Å²) >= 11 is 0. The zero-order chi connectivity index (χ0) is 11.1. The Balaban J connectivity index is 0.000000166. The fraction of sp³-hybridized carbons (Fsp3) is 0. The summed E-state index contributed by atoms with van der Waals surface area (Å²) in [7, 11) is 0. The lowest BCUT2D eigenvalue weighted by Crippen LogP contribution is -1.87. The van der Waals surface area contributed by atoms with Crippen molar-refractivity contribution in [3.63, 3.8) is 0 Å². The smallest absolute Gasteiger partial charge is 0.0453 e. The zero-order valence-corrected chi connectivity index (χ0v) is 9.34. The molecule has 2 nitrogen and oxygen atoms in total. The van der Waals surface area contributed by atoms with Crippen LogP contribution in [0, 0.1) is 0 Å². The van der Waals surface area contributed by atoms with Crippen molar-refractivity contribution in [3.8, 4) is 0 Å². The molecule has 0 bridgehead atoms. The minimum atomic E-state index is 0. The minimum Gasteiger partial charge on any atom is -0.368 e. The lowest BCUT2D eigenvalue weighted by molar-refractivity contribution is 1.11. The number of hydrogen-bond donors (Lipinski definition) is 2. The number of allylic oxidation sites excluding steroid dienone is 4. The Labute approximate surface area is 99.7 Å². The molecule has 2 heterocycles. The molecule has 0 radical (unpaired) electrons. The van der Waals surface area contributed by atoms with Crippen LogP contribution in [0.25, 0.3) is 10.9 Å². The van der Waals surface area contributed by atoms with Gasteiger partial charge in [0.25, 0.3) is 0 Å². The van der Waals surface area contributed by atoms with Crippen LogP contribution in [0.2, 0.25) is 0 Å². The van der Waals surface area contributed by atoms with Crippen molar-refractivity contribution in [2.24, 2.45) is 0 Å². The first kappa shape index (κ1) is 12.8.